The highest BCUT2D eigenvalue weighted by Crippen LogP contribution is 2.27. The van der Waals surface area contributed by atoms with Crippen LogP contribution in [0, 0.1) is 0 Å². The van der Waals surface area contributed by atoms with Gasteiger partial charge in [0.15, 0.2) is 5.96 Å². The summed E-state index contributed by atoms with van der Waals surface area (Å²) in [7, 11) is 1.69. The van der Waals surface area contributed by atoms with Gasteiger partial charge in [-0.3, -0.25) is 9.89 Å². The van der Waals surface area contributed by atoms with Crippen LogP contribution < -0.4 is 15.4 Å². The van der Waals surface area contributed by atoms with Gasteiger partial charge in [0.05, 0.1) is 26.3 Å². The summed E-state index contributed by atoms with van der Waals surface area (Å²) >= 11 is 0. The molecule has 1 heterocycles. The van der Waals surface area contributed by atoms with Gasteiger partial charge in [-0.05, 0) is 50.6 Å². The maximum absolute atomic E-state index is 9.00. The number of benzene rings is 1. The number of hydrogen-bond acceptors (Lipinski definition) is 4. The molecule has 1 saturated heterocycles. The van der Waals surface area contributed by atoms with Crippen molar-refractivity contribution in [1.82, 2.24) is 15.5 Å². The Bertz CT molecular complexity index is 504. The quantitative estimate of drug-likeness (QED) is 0.313. The van der Waals surface area contributed by atoms with Crippen LogP contribution in [0.5, 0.6) is 5.75 Å². The predicted octanol–water partition coefficient (Wildman–Crippen LogP) is 2.00. The lowest BCUT2D eigenvalue weighted by Gasteiger charge is -2.27. The summed E-state index contributed by atoms with van der Waals surface area (Å²) in [5, 5.41) is 15.4. The molecule has 25 heavy (non-hydrogen) atoms. The van der Waals surface area contributed by atoms with E-state index in [1.54, 1.807) is 7.11 Å². The topological polar surface area (TPSA) is 69.1 Å². The van der Waals surface area contributed by atoms with Gasteiger partial charge in [-0.15, -0.1) is 24.0 Å². The summed E-state index contributed by atoms with van der Waals surface area (Å²) in [6.45, 7) is 6.36. The van der Waals surface area contributed by atoms with E-state index in [9.17, 15) is 0 Å². The van der Waals surface area contributed by atoms with Crippen LogP contribution in [0.15, 0.2) is 29.3 Å². The Morgan fingerprint density at radius 1 is 1.24 bits per heavy atom. The maximum atomic E-state index is 9.00. The Labute approximate surface area is 168 Å². The number of aliphatic hydroxyl groups is 1. The van der Waals surface area contributed by atoms with Crippen LogP contribution >= 0.6 is 24.0 Å². The Morgan fingerprint density at radius 3 is 2.48 bits per heavy atom. The number of halogens is 1. The van der Waals surface area contributed by atoms with Crippen molar-refractivity contribution >= 4 is 29.9 Å². The average Bonchev–Trinajstić information content (AvgIpc) is 3.14. The molecule has 1 fully saturated rings. The smallest absolute Gasteiger partial charge is 0.191 e. The van der Waals surface area contributed by atoms with Gasteiger partial charge in [-0.25, -0.2) is 0 Å². The van der Waals surface area contributed by atoms with Crippen LogP contribution in [-0.2, 0) is 0 Å². The van der Waals surface area contributed by atoms with Gasteiger partial charge in [0, 0.05) is 13.1 Å². The molecule has 0 amide bonds. The molecule has 142 valence electrons. The van der Waals surface area contributed by atoms with E-state index in [1.165, 1.54) is 18.4 Å². The molecular formula is C18H31IN4O2. The van der Waals surface area contributed by atoms with E-state index in [0.717, 1.165) is 31.3 Å². The summed E-state index contributed by atoms with van der Waals surface area (Å²) < 4.78 is 5.26. The monoisotopic (exact) mass is 462 g/mol. The fourth-order valence-electron chi connectivity index (χ4n) is 3.00. The Hall–Kier alpha value is -1.06. The summed E-state index contributed by atoms with van der Waals surface area (Å²) in [6.07, 6.45) is 2.50. The molecule has 1 aliphatic heterocycles. The van der Waals surface area contributed by atoms with Crippen molar-refractivity contribution in [1.29, 1.82) is 0 Å². The molecule has 7 heteroatoms. The molecule has 0 radical (unpaired) electrons. The molecule has 1 unspecified atom stereocenters. The third-order valence-corrected chi connectivity index (χ3v) is 4.25. The summed E-state index contributed by atoms with van der Waals surface area (Å²) in [6, 6.07) is 8.55. The van der Waals surface area contributed by atoms with E-state index in [2.05, 4.69) is 27.7 Å². The van der Waals surface area contributed by atoms with E-state index in [4.69, 9.17) is 14.8 Å². The maximum Gasteiger partial charge on any atom is 0.191 e. The number of guanidine groups is 1. The van der Waals surface area contributed by atoms with E-state index in [0.29, 0.717) is 13.1 Å². The molecule has 0 bridgehead atoms. The van der Waals surface area contributed by atoms with Crippen molar-refractivity contribution < 1.29 is 9.84 Å². The summed E-state index contributed by atoms with van der Waals surface area (Å²) in [5.74, 6) is 1.63. The van der Waals surface area contributed by atoms with E-state index in [1.807, 2.05) is 19.1 Å². The largest absolute Gasteiger partial charge is 0.497 e. The van der Waals surface area contributed by atoms with E-state index >= 15 is 0 Å². The fraction of sp³-hybridized carbons (Fsp3) is 0.611. The van der Waals surface area contributed by atoms with Crippen LogP contribution in [0.25, 0.3) is 0 Å². The zero-order valence-electron chi connectivity index (χ0n) is 15.2. The SMILES string of the molecule is CCNC(=NCC(c1ccc(OC)cc1)N1CCCC1)NCCO.I. The summed E-state index contributed by atoms with van der Waals surface area (Å²) in [5.41, 5.74) is 1.26. The van der Waals surface area contributed by atoms with Crippen LogP contribution in [0.4, 0.5) is 0 Å². The number of nitrogens with one attached hydrogen (secondary N) is 2. The minimum absolute atomic E-state index is 0. The molecule has 1 aliphatic rings. The Balaban J connectivity index is 0.00000312. The van der Waals surface area contributed by atoms with Gasteiger partial charge in [0.2, 0.25) is 0 Å². The first-order chi connectivity index (χ1) is 11.8. The second-order valence-electron chi connectivity index (χ2n) is 5.90. The zero-order chi connectivity index (χ0) is 17.2. The van der Waals surface area contributed by atoms with Crippen molar-refractivity contribution in [2.24, 2.45) is 4.99 Å². The Morgan fingerprint density at radius 2 is 1.92 bits per heavy atom. The first kappa shape index (κ1) is 22.0. The molecular weight excluding hydrogens is 431 g/mol. The van der Waals surface area contributed by atoms with Crippen molar-refractivity contribution in [3.05, 3.63) is 29.8 Å². The van der Waals surface area contributed by atoms with Crippen molar-refractivity contribution in [3.8, 4) is 5.75 Å². The number of hydrogen-bond donors (Lipinski definition) is 3. The van der Waals surface area contributed by atoms with Gasteiger partial charge in [0.25, 0.3) is 0 Å². The minimum Gasteiger partial charge on any atom is -0.497 e. The summed E-state index contributed by atoms with van der Waals surface area (Å²) in [4.78, 5) is 7.23. The number of aliphatic hydroxyl groups excluding tert-OH is 1. The molecule has 0 aromatic heterocycles. The fourth-order valence-corrected chi connectivity index (χ4v) is 3.00. The van der Waals surface area contributed by atoms with Crippen LogP contribution in [0.3, 0.4) is 0 Å². The van der Waals surface area contributed by atoms with Crippen molar-refractivity contribution in [3.63, 3.8) is 0 Å². The Kier molecular flexibility index (Phi) is 10.8. The lowest BCUT2D eigenvalue weighted by atomic mass is 10.1. The molecule has 3 N–H and O–H groups in total. The molecule has 1 aromatic rings. The third-order valence-electron chi connectivity index (χ3n) is 4.25. The van der Waals surface area contributed by atoms with Gasteiger partial charge in [0.1, 0.15) is 5.75 Å². The number of aliphatic imine (C=N–C) groups is 1. The van der Waals surface area contributed by atoms with Crippen LogP contribution in [0.2, 0.25) is 0 Å². The lowest BCUT2D eigenvalue weighted by molar-refractivity contribution is 0.251. The van der Waals surface area contributed by atoms with Crippen LogP contribution in [-0.4, -0.2) is 62.4 Å². The standard InChI is InChI=1S/C18H30N4O2.HI/c1-3-19-18(20-10-13-23)21-14-17(22-11-4-5-12-22)15-6-8-16(24-2)9-7-15;/h6-9,17,23H,3-5,10-14H2,1-2H3,(H2,19,20,21);1H. The molecule has 2 rings (SSSR count). The lowest BCUT2D eigenvalue weighted by Crippen LogP contribution is -2.39. The average molecular weight is 462 g/mol. The number of likely N-dealkylation sites (tertiary alicyclic amines) is 1. The van der Waals surface area contributed by atoms with E-state index < -0.39 is 0 Å². The molecule has 1 aromatic carbocycles. The molecule has 0 aliphatic carbocycles. The first-order valence-corrected chi connectivity index (χ1v) is 8.79. The van der Waals surface area contributed by atoms with Gasteiger partial charge in [-0.1, -0.05) is 12.1 Å². The minimum atomic E-state index is 0. The molecule has 0 spiro atoms. The predicted molar refractivity (Wildman–Crippen MR) is 113 cm³/mol. The van der Waals surface area contributed by atoms with E-state index in [-0.39, 0.29) is 36.6 Å². The van der Waals surface area contributed by atoms with Gasteiger partial charge >= 0.3 is 0 Å². The highest BCUT2D eigenvalue weighted by molar-refractivity contribution is 14.0. The molecule has 1 atom stereocenters. The number of nitrogens with zero attached hydrogens (tertiary/aromatic N) is 2. The molecule has 6 nitrogen and oxygen atoms in total. The van der Waals surface area contributed by atoms with Crippen LogP contribution in [0.1, 0.15) is 31.4 Å². The highest BCUT2D eigenvalue weighted by Gasteiger charge is 2.23. The van der Waals surface area contributed by atoms with Crippen molar-refractivity contribution in [2.75, 3.05) is 46.4 Å². The highest BCUT2D eigenvalue weighted by atomic mass is 127. The van der Waals surface area contributed by atoms with Gasteiger partial charge < -0.3 is 20.5 Å². The normalized spacial score (nSPS) is 16.2. The third kappa shape index (κ3) is 6.99. The number of methoxy groups -OCH3 is 1. The van der Waals surface area contributed by atoms with Gasteiger partial charge in [-0.2, -0.15) is 0 Å². The zero-order valence-corrected chi connectivity index (χ0v) is 17.5. The van der Waals surface area contributed by atoms with Crippen molar-refractivity contribution in [2.45, 2.75) is 25.8 Å². The number of rotatable bonds is 8. The second-order valence-corrected chi connectivity index (χ2v) is 5.90. The second kappa shape index (κ2) is 12.3. The molecule has 0 saturated carbocycles. The number of ether oxygens (including phenoxy) is 1. The first-order valence-electron chi connectivity index (χ1n) is 8.79.